The first-order valence-electron chi connectivity index (χ1n) is 11.5. The number of amides is 1. The molecule has 0 fully saturated rings. The number of aliphatic hydroxyl groups excluding tert-OH is 1. The van der Waals surface area contributed by atoms with E-state index < -0.39 is 5.60 Å². The highest BCUT2D eigenvalue weighted by atomic mass is 16.6. The van der Waals surface area contributed by atoms with Gasteiger partial charge in [0.1, 0.15) is 12.2 Å². The number of carbonyl (C=O) groups is 2. The number of carbonyl (C=O) groups excluding carboxylic acids is 2. The molecule has 3 N–H and O–H groups in total. The molecule has 1 atom stereocenters. The van der Waals surface area contributed by atoms with E-state index in [1.165, 1.54) is 0 Å². The number of alkyl carbamates (subject to hydrolysis) is 1. The van der Waals surface area contributed by atoms with E-state index in [1.54, 1.807) is 0 Å². The van der Waals surface area contributed by atoms with Crippen molar-refractivity contribution in [3.63, 3.8) is 0 Å². The SMILES string of the molecule is CC(NCC(=O)OCc1ccccc1)N(CCO)CCCCCCNC(=O)OC(C)(C)C. The van der Waals surface area contributed by atoms with Crippen molar-refractivity contribution in [2.45, 2.75) is 71.8 Å². The monoisotopic (exact) mass is 451 g/mol. The summed E-state index contributed by atoms with van der Waals surface area (Å²) in [6.07, 6.45) is 3.44. The fraction of sp³-hybridized carbons (Fsp3) is 0.667. The van der Waals surface area contributed by atoms with Gasteiger partial charge in [-0.05, 0) is 52.6 Å². The zero-order valence-corrected chi connectivity index (χ0v) is 20.1. The van der Waals surface area contributed by atoms with Crippen LogP contribution in [0, 0.1) is 0 Å². The number of nitrogens with one attached hydrogen (secondary N) is 2. The van der Waals surface area contributed by atoms with Gasteiger partial charge >= 0.3 is 12.1 Å². The van der Waals surface area contributed by atoms with Crippen LogP contribution < -0.4 is 10.6 Å². The molecule has 0 radical (unpaired) electrons. The molecule has 0 aliphatic heterocycles. The minimum absolute atomic E-state index is 0.0553. The molecule has 1 aromatic carbocycles. The van der Waals surface area contributed by atoms with Crippen molar-refractivity contribution in [2.75, 3.05) is 32.8 Å². The van der Waals surface area contributed by atoms with E-state index in [9.17, 15) is 14.7 Å². The van der Waals surface area contributed by atoms with Crippen LogP contribution in [0.1, 0.15) is 58.9 Å². The summed E-state index contributed by atoms with van der Waals surface area (Å²) in [5.74, 6) is -0.304. The lowest BCUT2D eigenvalue weighted by Gasteiger charge is -2.29. The highest BCUT2D eigenvalue weighted by molar-refractivity contribution is 5.71. The second-order valence-corrected chi connectivity index (χ2v) is 8.81. The molecule has 0 heterocycles. The smallest absolute Gasteiger partial charge is 0.407 e. The average molecular weight is 452 g/mol. The Morgan fingerprint density at radius 3 is 2.41 bits per heavy atom. The molecule has 0 aromatic heterocycles. The van der Waals surface area contributed by atoms with Gasteiger partial charge < -0.3 is 19.9 Å². The quantitative estimate of drug-likeness (QED) is 0.214. The first-order chi connectivity index (χ1) is 15.2. The van der Waals surface area contributed by atoms with Crippen LogP contribution in [0.4, 0.5) is 4.79 Å². The van der Waals surface area contributed by atoms with Gasteiger partial charge in [0.05, 0.1) is 19.3 Å². The van der Waals surface area contributed by atoms with Gasteiger partial charge in [-0.3, -0.25) is 15.0 Å². The molecule has 1 aromatic rings. The minimum Gasteiger partial charge on any atom is -0.460 e. The Kier molecular flexibility index (Phi) is 13.6. The second-order valence-electron chi connectivity index (χ2n) is 8.81. The zero-order chi connectivity index (χ0) is 23.8. The number of unbranched alkanes of at least 4 members (excludes halogenated alkanes) is 3. The third-order valence-electron chi connectivity index (χ3n) is 4.76. The first-order valence-corrected chi connectivity index (χ1v) is 11.5. The normalized spacial score (nSPS) is 12.4. The molecule has 32 heavy (non-hydrogen) atoms. The van der Waals surface area contributed by atoms with Crippen molar-refractivity contribution in [3.8, 4) is 0 Å². The Bertz CT molecular complexity index is 649. The second kappa shape index (κ2) is 15.6. The van der Waals surface area contributed by atoms with Crippen molar-refractivity contribution < 1.29 is 24.2 Å². The van der Waals surface area contributed by atoms with E-state index in [2.05, 4.69) is 15.5 Å². The lowest BCUT2D eigenvalue weighted by Crippen LogP contribution is -2.47. The largest absolute Gasteiger partial charge is 0.460 e. The number of rotatable bonds is 15. The van der Waals surface area contributed by atoms with Gasteiger partial charge in [0.15, 0.2) is 0 Å². The van der Waals surface area contributed by atoms with Crippen molar-refractivity contribution in [2.24, 2.45) is 0 Å². The molecule has 0 spiro atoms. The van der Waals surface area contributed by atoms with Gasteiger partial charge in [-0.2, -0.15) is 0 Å². The summed E-state index contributed by atoms with van der Waals surface area (Å²) in [6, 6.07) is 9.58. The maximum atomic E-state index is 12.0. The highest BCUT2D eigenvalue weighted by Crippen LogP contribution is 2.07. The summed E-state index contributed by atoms with van der Waals surface area (Å²) >= 11 is 0. The van der Waals surface area contributed by atoms with E-state index in [4.69, 9.17) is 9.47 Å². The van der Waals surface area contributed by atoms with Crippen LogP contribution in [0.15, 0.2) is 30.3 Å². The molecule has 8 nitrogen and oxygen atoms in total. The van der Waals surface area contributed by atoms with Crippen LogP contribution in [0.25, 0.3) is 0 Å². The van der Waals surface area contributed by atoms with E-state index in [-0.39, 0.29) is 38.0 Å². The third kappa shape index (κ3) is 14.0. The molecule has 0 aliphatic carbocycles. The molecule has 1 unspecified atom stereocenters. The summed E-state index contributed by atoms with van der Waals surface area (Å²) in [7, 11) is 0. The maximum absolute atomic E-state index is 12.0. The van der Waals surface area contributed by atoms with Gasteiger partial charge in [0, 0.05) is 13.1 Å². The Hall–Kier alpha value is -2.16. The molecular weight excluding hydrogens is 410 g/mol. The Morgan fingerprint density at radius 2 is 1.75 bits per heavy atom. The number of esters is 1. The van der Waals surface area contributed by atoms with Crippen LogP contribution in [0.3, 0.4) is 0 Å². The van der Waals surface area contributed by atoms with Gasteiger partial charge in [-0.25, -0.2) is 4.79 Å². The molecule has 1 rings (SSSR count). The molecule has 1 amide bonds. The molecule has 0 bridgehead atoms. The van der Waals surface area contributed by atoms with E-state index in [1.807, 2.05) is 58.0 Å². The fourth-order valence-corrected chi connectivity index (χ4v) is 3.07. The van der Waals surface area contributed by atoms with Crippen LogP contribution in [0.5, 0.6) is 0 Å². The number of hydrogen-bond donors (Lipinski definition) is 3. The molecular formula is C24H41N3O5. The van der Waals surface area contributed by atoms with Crippen molar-refractivity contribution in [1.29, 1.82) is 0 Å². The number of aliphatic hydroxyl groups is 1. The minimum atomic E-state index is -0.483. The van der Waals surface area contributed by atoms with Crippen molar-refractivity contribution in [3.05, 3.63) is 35.9 Å². The third-order valence-corrected chi connectivity index (χ3v) is 4.76. The summed E-state index contributed by atoms with van der Waals surface area (Å²) in [5.41, 5.74) is 0.473. The molecule has 8 heteroatoms. The van der Waals surface area contributed by atoms with E-state index in [0.29, 0.717) is 13.1 Å². The number of ether oxygens (including phenoxy) is 2. The Balaban J connectivity index is 2.17. The van der Waals surface area contributed by atoms with Gasteiger partial charge in [-0.15, -0.1) is 0 Å². The Morgan fingerprint density at radius 1 is 1.06 bits per heavy atom. The zero-order valence-electron chi connectivity index (χ0n) is 20.1. The molecule has 0 saturated heterocycles. The Labute approximate surface area is 192 Å². The van der Waals surface area contributed by atoms with Crippen LogP contribution in [-0.2, 0) is 20.9 Å². The highest BCUT2D eigenvalue weighted by Gasteiger charge is 2.16. The van der Waals surface area contributed by atoms with E-state index >= 15 is 0 Å². The lowest BCUT2D eigenvalue weighted by atomic mass is 10.2. The number of hydrogen-bond acceptors (Lipinski definition) is 7. The number of benzene rings is 1. The molecule has 182 valence electrons. The topological polar surface area (TPSA) is 100 Å². The van der Waals surface area contributed by atoms with Gasteiger partial charge in [-0.1, -0.05) is 43.2 Å². The fourth-order valence-electron chi connectivity index (χ4n) is 3.07. The summed E-state index contributed by atoms with van der Waals surface area (Å²) < 4.78 is 10.5. The van der Waals surface area contributed by atoms with Crippen molar-refractivity contribution in [1.82, 2.24) is 15.5 Å². The summed E-state index contributed by atoms with van der Waals surface area (Å²) in [6.45, 7) is 9.88. The summed E-state index contributed by atoms with van der Waals surface area (Å²) in [4.78, 5) is 25.7. The predicted molar refractivity (Wildman–Crippen MR) is 125 cm³/mol. The first kappa shape index (κ1) is 27.9. The lowest BCUT2D eigenvalue weighted by molar-refractivity contribution is -0.144. The van der Waals surface area contributed by atoms with Crippen LogP contribution in [-0.4, -0.2) is 66.6 Å². The van der Waals surface area contributed by atoms with Crippen molar-refractivity contribution >= 4 is 12.1 Å². The standard InChI is InChI=1S/C24H41N3O5/c1-20(26-18-22(29)31-19-21-12-8-7-9-13-21)27(16-17-28)15-11-6-5-10-14-25-23(30)32-24(2,3)4/h7-9,12-13,20,26,28H,5-6,10-11,14-19H2,1-4H3,(H,25,30). The molecule has 0 saturated carbocycles. The van der Waals surface area contributed by atoms with Gasteiger partial charge in [0.2, 0.25) is 0 Å². The number of nitrogens with zero attached hydrogens (tertiary/aromatic N) is 1. The predicted octanol–water partition coefficient (Wildman–Crippen LogP) is 3.04. The maximum Gasteiger partial charge on any atom is 0.407 e. The molecule has 0 aliphatic rings. The van der Waals surface area contributed by atoms with E-state index in [0.717, 1.165) is 37.8 Å². The van der Waals surface area contributed by atoms with Crippen LogP contribution in [0.2, 0.25) is 0 Å². The summed E-state index contributed by atoms with van der Waals surface area (Å²) in [5, 5.41) is 15.3. The van der Waals surface area contributed by atoms with Crippen LogP contribution >= 0.6 is 0 Å². The van der Waals surface area contributed by atoms with Gasteiger partial charge in [0.25, 0.3) is 0 Å². The average Bonchev–Trinajstić information content (AvgIpc) is 2.74.